The fraction of sp³-hybridized carbons (Fsp3) is 0.250. The topological polar surface area (TPSA) is 59.2 Å². The molecule has 4 nitrogen and oxygen atoms in total. The first kappa shape index (κ1) is 12.7. The lowest BCUT2D eigenvalue weighted by Crippen LogP contribution is -2.31. The molecular formula is C16H17N3O. The van der Waals surface area contributed by atoms with E-state index in [9.17, 15) is 4.79 Å². The Hall–Kier alpha value is -2.36. The van der Waals surface area contributed by atoms with Crippen LogP contribution < -0.4 is 5.73 Å². The Morgan fingerprint density at radius 1 is 1.15 bits per heavy atom. The number of aryl methyl sites for hydroxylation is 1. The Bertz CT molecular complexity index is 622. The number of benzene rings is 1. The van der Waals surface area contributed by atoms with Crippen molar-refractivity contribution in [3.05, 3.63) is 59.4 Å². The van der Waals surface area contributed by atoms with E-state index in [1.165, 1.54) is 17.3 Å². The number of anilines is 1. The van der Waals surface area contributed by atoms with Gasteiger partial charge in [-0.3, -0.25) is 4.79 Å². The van der Waals surface area contributed by atoms with E-state index in [-0.39, 0.29) is 5.91 Å². The molecule has 0 unspecified atom stereocenters. The number of nitrogen functional groups attached to an aromatic ring is 1. The number of nitrogens with two attached hydrogens (primary N) is 1. The predicted octanol–water partition coefficient (Wildman–Crippen LogP) is 2.25. The first-order valence-corrected chi connectivity index (χ1v) is 6.81. The summed E-state index contributed by atoms with van der Waals surface area (Å²) in [7, 11) is 0. The Balaban J connectivity index is 1.84. The molecular weight excluding hydrogens is 250 g/mol. The average Bonchev–Trinajstić information content (AvgIpc) is 2.69. The lowest BCUT2D eigenvalue weighted by atomic mass is 10.0. The number of aromatic nitrogens is 1. The van der Waals surface area contributed by atoms with E-state index in [2.05, 4.69) is 23.2 Å². The molecule has 2 N–H and O–H groups in total. The summed E-state index contributed by atoms with van der Waals surface area (Å²) in [5.41, 5.74) is 9.21. The fourth-order valence-corrected chi connectivity index (χ4v) is 2.57. The summed E-state index contributed by atoms with van der Waals surface area (Å²) in [4.78, 5) is 18.5. The number of pyridine rings is 1. The largest absolute Gasteiger partial charge is 0.397 e. The van der Waals surface area contributed by atoms with Gasteiger partial charge in [-0.05, 0) is 36.1 Å². The van der Waals surface area contributed by atoms with Gasteiger partial charge in [0.25, 0.3) is 5.91 Å². The van der Waals surface area contributed by atoms with Gasteiger partial charge in [0.1, 0.15) is 5.69 Å². The molecule has 1 amide bonds. The van der Waals surface area contributed by atoms with Crippen molar-refractivity contribution in [3.8, 4) is 0 Å². The second-order valence-corrected chi connectivity index (χ2v) is 5.08. The molecule has 1 aromatic heterocycles. The lowest BCUT2D eigenvalue weighted by Gasteiger charge is -2.20. The van der Waals surface area contributed by atoms with Gasteiger partial charge in [0.05, 0.1) is 11.9 Å². The van der Waals surface area contributed by atoms with Crippen LogP contribution in [0.4, 0.5) is 5.69 Å². The monoisotopic (exact) mass is 267 g/mol. The minimum absolute atomic E-state index is 0.0262. The van der Waals surface area contributed by atoms with Crippen molar-refractivity contribution in [2.75, 3.05) is 12.3 Å². The molecule has 2 heterocycles. The second kappa shape index (κ2) is 5.33. The van der Waals surface area contributed by atoms with Crippen LogP contribution >= 0.6 is 0 Å². The van der Waals surface area contributed by atoms with Crippen molar-refractivity contribution < 1.29 is 4.79 Å². The van der Waals surface area contributed by atoms with Crippen molar-refractivity contribution in [1.82, 2.24) is 9.88 Å². The molecule has 0 spiro atoms. The summed E-state index contributed by atoms with van der Waals surface area (Å²) >= 11 is 0. The molecule has 3 rings (SSSR count). The number of fused-ring (bicyclic) bond motifs is 1. The first-order valence-electron chi connectivity index (χ1n) is 6.81. The summed E-state index contributed by atoms with van der Waals surface area (Å²) in [6.45, 7) is 1.42. The van der Waals surface area contributed by atoms with Gasteiger partial charge in [0, 0.05) is 13.1 Å². The van der Waals surface area contributed by atoms with Crippen molar-refractivity contribution >= 4 is 11.6 Å². The van der Waals surface area contributed by atoms with Gasteiger partial charge in [-0.15, -0.1) is 0 Å². The van der Waals surface area contributed by atoms with Crippen LogP contribution in [0.2, 0.25) is 0 Å². The SMILES string of the molecule is Nc1ccc(C(=O)N2CCCc3ccccc3C2)nc1. The van der Waals surface area contributed by atoms with Gasteiger partial charge in [-0.2, -0.15) is 0 Å². The standard InChI is InChI=1S/C16H17N3O/c17-14-7-8-15(18-10-14)16(20)19-9-3-6-12-4-1-2-5-13(12)11-19/h1-2,4-5,7-8,10H,3,6,9,11,17H2. The van der Waals surface area contributed by atoms with Crippen LogP contribution in [0.1, 0.15) is 28.0 Å². The highest BCUT2D eigenvalue weighted by atomic mass is 16.2. The Kier molecular flexibility index (Phi) is 3.37. The number of rotatable bonds is 1. The predicted molar refractivity (Wildman–Crippen MR) is 78.2 cm³/mol. The number of carbonyl (C=O) groups is 1. The summed E-state index contributed by atoms with van der Waals surface area (Å²) in [6, 6.07) is 11.7. The normalized spacial score (nSPS) is 14.5. The van der Waals surface area contributed by atoms with Crippen LogP contribution in [-0.4, -0.2) is 22.3 Å². The van der Waals surface area contributed by atoms with E-state index in [1.54, 1.807) is 12.1 Å². The molecule has 0 radical (unpaired) electrons. The van der Waals surface area contributed by atoms with Crippen LogP contribution in [-0.2, 0) is 13.0 Å². The Morgan fingerprint density at radius 3 is 2.70 bits per heavy atom. The number of hydrogen-bond donors (Lipinski definition) is 1. The minimum Gasteiger partial charge on any atom is -0.397 e. The molecule has 0 saturated heterocycles. The molecule has 0 fully saturated rings. The van der Waals surface area contributed by atoms with Crippen molar-refractivity contribution in [3.63, 3.8) is 0 Å². The van der Waals surface area contributed by atoms with Gasteiger partial charge >= 0.3 is 0 Å². The van der Waals surface area contributed by atoms with E-state index in [0.717, 1.165) is 19.4 Å². The molecule has 0 atom stereocenters. The number of amides is 1. The van der Waals surface area contributed by atoms with E-state index >= 15 is 0 Å². The van der Waals surface area contributed by atoms with Gasteiger partial charge in [0.2, 0.25) is 0 Å². The molecule has 0 aliphatic carbocycles. The molecule has 102 valence electrons. The van der Waals surface area contributed by atoms with Crippen LogP contribution in [0, 0.1) is 0 Å². The summed E-state index contributed by atoms with van der Waals surface area (Å²) in [6.07, 6.45) is 3.53. The molecule has 1 aliphatic heterocycles. The molecule has 4 heteroatoms. The maximum absolute atomic E-state index is 12.5. The van der Waals surface area contributed by atoms with Crippen molar-refractivity contribution in [2.24, 2.45) is 0 Å². The highest BCUT2D eigenvalue weighted by Crippen LogP contribution is 2.19. The third-order valence-electron chi connectivity index (χ3n) is 3.65. The highest BCUT2D eigenvalue weighted by molar-refractivity contribution is 5.92. The number of nitrogens with zero attached hydrogens (tertiary/aromatic N) is 2. The second-order valence-electron chi connectivity index (χ2n) is 5.08. The maximum Gasteiger partial charge on any atom is 0.272 e. The summed E-state index contributed by atoms with van der Waals surface area (Å²) in [5, 5.41) is 0. The van der Waals surface area contributed by atoms with Crippen LogP contribution in [0.3, 0.4) is 0 Å². The zero-order valence-corrected chi connectivity index (χ0v) is 11.2. The van der Waals surface area contributed by atoms with Crippen LogP contribution in [0.15, 0.2) is 42.6 Å². The third-order valence-corrected chi connectivity index (χ3v) is 3.65. The first-order chi connectivity index (χ1) is 9.74. The lowest BCUT2D eigenvalue weighted by molar-refractivity contribution is 0.0740. The van der Waals surface area contributed by atoms with E-state index in [1.807, 2.05) is 11.0 Å². The average molecular weight is 267 g/mol. The van der Waals surface area contributed by atoms with Crippen molar-refractivity contribution in [2.45, 2.75) is 19.4 Å². The third kappa shape index (κ3) is 2.50. The van der Waals surface area contributed by atoms with E-state index in [0.29, 0.717) is 17.9 Å². The molecule has 1 aliphatic rings. The molecule has 2 aromatic rings. The summed E-state index contributed by atoms with van der Waals surface area (Å²) in [5.74, 6) is -0.0262. The summed E-state index contributed by atoms with van der Waals surface area (Å²) < 4.78 is 0. The zero-order valence-electron chi connectivity index (χ0n) is 11.2. The van der Waals surface area contributed by atoms with Gasteiger partial charge < -0.3 is 10.6 Å². The Labute approximate surface area is 118 Å². The number of hydrogen-bond acceptors (Lipinski definition) is 3. The smallest absolute Gasteiger partial charge is 0.272 e. The van der Waals surface area contributed by atoms with Crippen LogP contribution in [0.25, 0.3) is 0 Å². The van der Waals surface area contributed by atoms with Gasteiger partial charge in [-0.25, -0.2) is 4.98 Å². The maximum atomic E-state index is 12.5. The van der Waals surface area contributed by atoms with Crippen LogP contribution in [0.5, 0.6) is 0 Å². The molecule has 0 bridgehead atoms. The highest BCUT2D eigenvalue weighted by Gasteiger charge is 2.20. The van der Waals surface area contributed by atoms with Gasteiger partial charge in [0.15, 0.2) is 0 Å². The quantitative estimate of drug-likeness (QED) is 0.862. The Morgan fingerprint density at radius 2 is 1.95 bits per heavy atom. The molecule has 1 aromatic carbocycles. The number of carbonyl (C=O) groups excluding carboxylic acids is 1. The van der Waals surface area contributed by atoms with Crippen molar-refractivity contribution in [1.29, 1.82) is 0 Å². The van der Waals surface area contributed by atoms with Gasteiger partial charge in [-0.1, -0.05) is 24.3 Å². The van der Waals surface area contributed by atoms with E-state index in [4.69, 9.17) is 5.73 Å². The minimum atomic E-state index is -0.0262. The molecule has 0 saturated carbocycles. The molecule has 20 heavy (non-hydrogen) atoms. The van der Waals surface area contributed by atoms with E-state index < -0.39 is 0 Å². The fourth-order valence-electron chi connectivity index (χ4n) is 2.57. The zero-order chi connectivity index (χ0) is 13.9.